The number of phosphoric acid groups is 2. The van der Waals surface area contributed by atoms with Crippen LogP contribution in [0.25, 0.3) is 0 Å². The van der Waals surface area contributed by atoms with Crippen molar-refractivity contribution in [1.29, 1.82) is 0 Å². The van der Waals surface area contributed by atoms with Crippen LogP contribution >= 0.6 is 15.6 Å². The normalized spacial score (nSPS) is 14.8. The van der Waals surface area contributed by atoms with Crippen LogP contribution in [0.4, 0.5) is 0 Å². The van der Waals surface area contributed by atoms with E-state index in [1.165, 1.54) is 19.3 Å². The van der Waals surface area contributed by atoms with Gasteiger partial charge in [0.2, 0.25) is 0 Å². The molecule has 0 bridgehead atoms. The summed E-state index contributed by atoms with van der Waals surface area (Å²) in [5, 5.41) is 10.7. The van der Waals surface area contributed by atoms with E-state index >= 15 is 0 Å². The average molecular weight is 1550 g/mol. The van der Waals surface area contributed by atoms with Gasteiger partial charge >= 0.3 is 39.5 Å². The monoisotopic (exact) mass is 1550 g/mol. The van der Waals surface area contributed by atoms with Gasteiger partial charge in [0, 0.05) is 25.7 Å². The van der Waals surface area contributed by atoms with Crippen molar-refractivity contribution in [3.8, 4) is 0 Å². The molecule has 0 aromatic rings. The fraction of sp³-hybridized carbons (Fsp3) is 0.618. The quantitative estimate of drug-likeness (QED) is 0.0169. The van der Waals surface area contributed by atoms with Crippen LogP contribution < -0.4 is 0 Å². The molecule has 0 saturated heterocycles. The summed E-state index contributed by atoms with van der Waals surface area (Å²) in [4.78, 5) is 73.1. The van der Waals surface area contributed by atoms with Gasteiger partial charge < -0.3 is 33.8 Å². The molecule has 0 aliphatic rings. The molecular formula is C89H144O17P2. The number of phosphoric ester groups is 2. The molecule has 612 valence electrons. The van der Waals surface area contributed by atoms with Gasteiger partial charge in [-0.2, -0.15) is 0 Å². The number of rotatable bonds is 75. The van der Waals surface area contributed by atoms with E-state index in [1.54, 1.807) is 0 Å². The van der Waals surface area contributed by atoms with Crippen LogP contribution in [0.5, 0.6) is 0 Å². The van der Waals surface area contributed by atoms with Gasteiger partial charge in [-0.3, -0.25) is 37.3 Å². The van der Waals surface area contributed by atoms with Gasteiger partial charge in [0.25, 0.3) is 0 Å². The van der Waals surface area contributed by atoms with Crippen molar-refractivity contribution in [1.82, 2.24) is 0 Å². The molecule has 0 fully saturated rings. The molecule has 108 heavy (non-hydrogen) atoms. The second-order valence-corrected chi connectivity index (χ2v) is 29.5. The zero-order chi connectivity index (χ0) is 78.9. The summed E-state index contributed by atoms with van der Waals surface area (Å²) in [7, 11) is -10.0. The third-order valence-corrected chi connectivity index (χ3v) is 18.2. The van der Waals surface area contributed by atoms with E-state index in [9.17, 15) is 43.2 Å². The van der Waals surface area contributed by atoms with E-state index in [0.717, 1.165) is 193 Å². The Hall–Kier alpha value is -5.84. The van der Waals surface area contributed by atoms with E-state index in [1.807, 2.05) is 18.2 Å². The Kier molecular flexibility index (Phi) is 75.0. The maximum Gasteiger partial charge on any atom is 0.472 e. The number of unbranched alkanes of at least 4 members (excludes halogenated alkanes) is 19. The number of hydrogen-bond donors (Lipinski definition) is 3. The van der Waals surface area contributed by atoms with Crippen LogP contribution in [-0.4, -0.2) is 96.7 Å². The fourth-order valence-corrected chi connectivity index (χ4v) is 11.7. The molecule has 5 unspecified atom stereocenters. The SMILES string of the molecule is CC/C=C\C/C=C\C/C=C\C/C=C\C/C=C\C/C=C\CCC(=O)OCC(COP(=O)(O)OCC(O)COP(=O)(O)OCC(COC(=O)CCCCCCCC/C=C\C/C=C\C/C=C\CCCCC)OC(=O)CCCCCCC/C=C\C/C=C\CCC)OC(=O)CCCCCC/C=C\C/C=C\C/C=C\C/C=C\CC. The minimum Gasteiger partial charge on any atom is -0.462 e. The van der Waals surface area contributed by atoms with Crippen LogP contribution in [0.3, 0.4) is 0 Å². The summed E-state index contributed by atoms with van der Waals surface area (Å²) in [6.45, 7) is 4.40. The van der Waals surface area contributed by atoms with E-state index in [0.29, 0.717) is 32.1 Å². The van der Waals surface area contributed by atoms with Gasteiger partial charge in [-0.1, -0.05) is 287 Å². The maximum atomic E-state index is 13.1. The lowest BCUT2D eigenvalue weighted by molar-refractivity contribution is -0.161. The largest absolute Gasteiger partial charge is 0.472 e. The minimum absolute atomic E-state index is 0.0232. The molecule has 0 heterocycles. The summed E-state index contributed by atoms with van der Waals surface area (Å²) in [5.41, 5.74) is 0. The van der Waals surface area contributed by atoms with Crippen molar-refractivity contribution in [3.05, 3.63) is 182 Å². The molecule has 17 nitrogen and oxygen atoms in total. The van der Waals surface area contributed by atoms with Crippen molar-refractivity contribution in [2.45, 2.75) is 316 Å². The predicted molar refractivity (Wildman–Crippen MR) is 445 cm³/mol. The molecule has 0 radical (unpaired) electrons. The van der Waals surface area contributed by atoms with Gasteiger partial charge in [0.05, 0.1) is 26.4 Å². The lowest BCUT2D eigenvalue weighted by Crippen LogP contribution is -2.30. The number of esters is 4. The first kappa shape index (κ1) is 102. The Bertz CT molecular complexity index is 2760. The summed E-state index contributed by atoms with van der Waals surface area (Å²) in [6, 6.07) is 0. The standard InChI is InChI=1S/C89H144O17P2/c1-5-9-13-17-21-25-29-33-36-39-41-44-46-50-53-57-61-65-69-73-86(91)99-79-84(105-88(93)75-71-67-63-59-55-49-32-28-24-20-16-12-8-4)81-103-107(95,96)101-77-83(90)78-102-108(97,98)104-82-85(106-89(94)76-72-68-64-60-56-52-48-43-38-35-31-27-23-19-15-11-7-3)80-100-87(92)74-70-66-62-58-54-51-47-45-42-40-37-34-30-26-22-18-14-10-6-2/h10-11,14-16,20-23,25-28,32-38,41-42,44-45,48,51-52,54,62,66,83-85,90H,5-9,12-13,17-19,24,29-31,39-40,43,46-47,49-50,53,55-61,63-65,67-82H2,1-4H3,(H,95,96)(H,97,98)/b14-10-,15-11-,20-16-,25-21-,26-22-,27-23-,32-28-,36-33-,37-34-,38-35-,44-41-,45-42-,52-48-,54-51-,66-62-. The molecule has 0 spiro atoms. The Labute approximate surface area is 654 Å². The third kappa shape index (κ3) is 78.3. The molecule has 0 amide bonds. The summed E-state index contributed by atoms with van der Waals surface area (Å²) in [5.74, 6) is -2.34. The first-order valence-electron chi connectivity index (χ1n) is 41.0. The second-order valence-electron chi connectivity index (χ2n) is 26.6. The maximum absolute atomic E-state index is 13.1. The second kappa shape index (κ2) is 79.3. The van der Waals surface area contributed by atoms with E-state index in [4.69, 9.17) is 37.0 Å². The van der Waals surface area contributed by atoms with Gasteiger partial charge in [0.15, 0.2) is 12.2 Å². The first-order valence-corrected chi connectivity index (χ1v) is 44.0. The van der Waals surface area contributed by atoms with E-state index < -0.39 is 97.5 Å². The van der Waals surface area contributed by atoms with Gasteiger partial charge in [-0.25, -0.2) is 9.13 Å². The molecule has 0 aliphatic carbocycles. The highest BCUT2D eigenvalue weighted by Gasteiger charge is 2.30. The summed E-state index contributed by atoms with van der Waals surface area (Å²) >= 11 is 0. The molecule has 19 heteroatoms. The van der Waals surface area contributed by atoms with Crippen LogP contribution in [0.15, 0.2) is 182 Å². The van der Waals surface area contributed by atoms with Crippen molar-refractivity contribution in [3.63, 3.8) is 0 Å². The zero-order valence-electron chi connectivity index (χ0n) is 66.9. The lowest BCUT2D eigenvalue weighted by atomic mass is 10.1. The molecular weight excluding hydrogens is 1400 g/mol. The molecule has 3 N–H and O–H groups in total. The number of hydrogen-bond acceptors (Lipinski definition) is 15. The zero-order valence-corrected chi connectivity index (χ0v) is 68.7. The highest BCUT2D eigenvalue weighted by atomic mass is 31.2. The molecule has 0 aromatic carbocycles. The topological polar surface area (TPSA) is 237 Å². The predicted octanol–water partition coefficient (Wildman–Crippen LogP) is 24.3. The molecule has 0 saturated carbocycles. The van der Waals surface area contributed by atoms with Crippen molar-refractivity contribution >= 4 is 39.5 Å². The van der Waals surface area contributed by atoms with Crippen LogP contribution in [0, 0.1) is 0 Å². The van der Waals surface area contributed by atoms with Gasteiger partial charge in [-0.05, 0) is 167 Å². The summed E-state index contributed by atoms with van der Waals surface area (Å²) in [6.07, 6.45) is 95.9. The number of carbonyl (C=O) groups is 4. The van der Waals surface area contributed by atoms with E-state index in [-0.39, 0.29) is 25.7 Å². The minimum atomic E-state index is -5.01. The lowest BCUT2D eigenvalue weighted by Gasteiger charge is -2.21. The summed E-state index contributed by atoms with van der Waals surface area (Å²) < 4.78 is 68.6. The molecule has 0 rings (SSSR count). The highest BCUT2D eigenvalue weighted by Crippen LogP contribution is 2.45. The number of carbonyl (C=O) groups excluding carboxylic acids is 4. The highest BCUT2D eigenvalue weighted by molar-refractivity contribution is 7.47. The smallest absolute Gasteiger partial charge is 0.462 e. The van der Waals surface area contributed by atoms with Gasteiger partial charge in [0.1, 0.15) is 19.3 Å². The molecule has 0 aliphatic heterocycles. The van der Waals surface area contributed by atoms with Gasteiger partial charge in [-0.15, -0.1) is 0 Å². The first-order chi connectivity index (χ1) is 52.7. The number of allylic oxidation sites excluding steroid dienone is 30. The Balaban J connectivity index is 5.48. The van der Waals surface area contributed by atoms with E-state index in [2.05, 4.69) is 192 Å². The van der Waals surface area contributed by atoms with Crippen molar-refractivity contribution in [2.24, 2.45) is 0 Å². The molecule has 0 aromatic heterocycles. The van der Waals surface area contributed by atoms with Crippen molar-refractivity contribution < 1.29 is 80.2 Å². The van der Waals surface area contributed by atoms with Crippen LogP contribution in [0.1, 0.15) is 297 Å². The van der Waals surface area contributed by atoms with Crippen molar-refractivity contribution in [2.75, 3.05) is 39.6 Å². The Morgan fingerprint density at radius 1 is 0.269 bits per heavy atom. The number of aliphatic hydroxyl groups excluding tert-OH is 1. The number of aliphatic hydroxyl groups is 1. The molecule has 5 atom stereocenters. The number of ether oxygens (including phenoxy) is 4. The Morgan fingerprint density at radius 3 is 0.833 bits per heavy atom. The van der Waals surface area contributed by atoms with Crippen LogP contribution in [0.2, 0.25) is 0 Å². The average Bonchev–Trinajstić information content (AvgIpc) is 0.886. The Morgan fingerprint density at radius 2 is 0.519 bits per heavy atom. The van der Waals surface area contributed by atoms with Crippen LogP contribution in [-0.2, 0) is 65.4 Å². The third-order valence-electron chi connectivity index (χ3n) is 16.3. The fourth-order valence-electron chi connectivity index (χ4n) is 10.2.